The fraction of sp³-hybridized carbons (Fsp3) is 0.300. The van der Waals surface area contributed by atoms with Crippen molar-refractivity contribution in [3.8, 4) is 11.5 Å². The number of nitrogens with one attached hydrogen (secondary N) is 1. The van der Waals surface area contributed by atoms with Crippen molar-refractivity contribution >= 4 is 42.8 Å². The quantitative estimate of drug-likeness (QED) is 0.160. The van der Waals surface area contributed by atoms with Gasteiger partial charge >= 0.3 is 8.25 Å². The predicted octanol–water partition coefficient (Wildman–Crippen LogP) is 7.40. The molecule has 0 aliphatic rings. The van der Waals surface area contributed by atoms with E-state index in [0.29, 0.717) is 47.0 Å². The van der Waals surface area contributed by atoms with Gasteiger partial charge in [-0.25, -0.2) is 0 Å². The lowest BCUT2D eigenvalue weighted by Gasteiger charge is -2.10. The summed E-state index contributed by atoms with van der Waals surface area (Å²) >= 11 is 11.9. The fourth-order valence-electron chi connectivity index (χ4n) is 2.10. The standard InChI is InChI=1S/C16H14Cl2N2O3.C4H10O3P/c1-2-3-8-19-14-10-12(5-6-15(14)20(21)22)23-16-7-4-11(17)9-13(16)18;1-3-6-8(5)7-4-2/h2-7,9-10,19H,8H2,1H3;3-4H2,1-2H3/q;+1/b3-2+;. The molecule has 0 saturated carbocycles. The number of benzene rings is 2. The molecule has 0 spiro atoms. The molecule has 2 rings (SSSR count). The molecule has 0 unspecified atom stereocenters. The van der Waals surface area contributed by atoms with Crippen molar-refractivity contribution in [2.45, 2.75) is 20.8 Å². The first-order valence-corrected chi connectivity index (χ1v) is 11.2. The first-order chi connectivity index (χ1) is 14.8. The van der Waals surface area contributed by atoms with Gasteiger partial charge < -0.3 is 10.1 Å². The molecule has 0 aliphatic heterocycles. The Labute approximate surface area is 192 Å². The van der Waals surface area contributed by atoms with Crippen molar-refractivity contribution in [1.82, 2.24) is 0 Å². The number of hydrogen-bond donors (Lipinski definition) is 1. The van der Waals surface area contributed by atoms with E-state index in [-0.39, 0.29) is 5.69 Å². The molecule has 11 heteroatoms. The van der Waals surface area contributed by atoms with E-state index in [1.165, 1.54) is 12.1 Å². The van der Waals surface area contributed by atoms with Crippen LogP contribution in [0.4, 0.5) is 11.4 Å². The summed E-state index contributed by atoms with van der Waals surface area (Å²) in [5, 5.41) is 14.9. The Bertz CT molecular complexity index is 903. The van der Waals surface area contributed by atoms with Crippen LogP contribution in [0.1, 0.15) is 20.8 Å². The Morgan fingerprint density at radius 1 is 1.13 bits per heavy atom. The van der Waals surface area contributed by atoms with Crippen molar-refractivity contribution in [3.63, 3.8) is 0 Å². The first kappa shape index (κ1) is 26.8. The monoisotopic (exact) mass is 489 g/mol. The summed E-state index contributed by atoms with van der Waals surface area (Å²) in [5.74, 6) is 0.854. The maximum atomic E-state index is 11.1. The van der Waals surface area contributed by atoms with Gasteiger partial charge in [0, 0.05) is 28.3 Å². The van der Waals surface area contributed by atoms with Crippen LogP contribution >= 0.6 is 31.5 Å². The predicted molar refractivity (Wildman–Crippen MR) is 124 cm³/mol. The van der Waals surface area contributed by atoms with E-state index in [2.05, 4.69) is 14.4 Å². The number of allylic oxidation sites excluding steroid dienone is 1. The van der Waals surface area contributed by atoms with Crippen molar-refractivity contribution in [2.75, 3.05) is 25.1 Å². The number of nitro benzene ring substituents is 1. The third-order valence-electron chi connectivity index (χ3n) is 3.40. The van der Waals surface area contributed by atoms with Crippen LogP contribution in [0.15, 0.2) is 48.6 Å². The summed E-state index contributed by atoms with van der Waals surface area (Å²) in [5.41, 5.74) is 0.347. The van der Waals surface area contributed by atoms with Crippen LogP contribution < -0.4 is 10.1 Å². The number of nitrogens with zero attached hydrogens (tertiary/aromatic N) is 1. The number of halogens is 2. The molecular weight excluding hydrogens is 466 g/mol. The number of nitro groups is 1. The van der Waals surface area contributed by atoms with Crippen LogP contribution in [-0.2, 0) is 13.6 Å². The second kappa shape index (κ2) is 14.7. The summed E-state index contributed by atoms with van der Waals surface area (Å²) in [6.45, 7) is 6.77. The minimum absolute atomic E-state index is 0.0240. The summed E-state index contributed by atoms with van der Waals surface area (Å²) in [4.78, 5) is 10.6. The largest absolute Gasteiger partial charge is 0.697 e. The molecule has 0 aliphatic carbocycles. The highest BCUT2D eigenvalue weighted by atomic mass is 35.5. The Balaban J connectivity index is 0.000000512. The number of ether oxygens (including phenoxy) is 1. The van der Waals surface area contributed by atoms with Crippen LogP contribution in [0.2, 0.25) is 10.0 Å². The number of hydrogen-bond acceptors (Lipinski definition) is 7. The van der Waals surface area contributed by atoms with Crippen LogP contribution in [0.5, 0.6) is 11.5 Å². The molecule has 0 aromatic heterocycles. The normalized spacial score (nSPS) is 10.4. The molecule has 0 heterocycles. The SMILES string of the molecule is C/C=C/CNc1cc(Oc2ccc(Cl)cc2Cl)ccc1[N+](=O)[O-].CCO[P+](=O)OCC. The molecule has 0 fully saturated rings. The fourth-order valence-corrected chi connectivity index (χ4v) is 3.04. The van der Waals surface area contributed by atoms with Gasteiger partial charge in [0.2, 0.25) is 0 Å². The van der Waals surface area contributed by atoms with Gasteiger partial charge in [-0.05, 0) is 45.0 Å². The summed E-state index contributed by atoms with van der Waals surface area (Å²) in [6, 6.07) is 9.32. The van der Waals surface area contributed by atoms with Gasteiger partial charge in [0.05, 0.1) is 9.95 Å². The van der Waals surface area contributed by atoms with Crippen LogP contribution in [-0.4, -0.2) is 24.7 Å². The van der Waals surface area contributed by atoms with Crippen LogP contribution in [0.25, 0.3) is 0 Å². The Kier molecular flexibility index (Phi) is 12.7. The second-order valence-electron chi connectivity index (χ2n) is 5.62. The molecule has 2 aromatic rings. The van der Waals surface area contributed by atoms with E-state index in [1.807, 2.05) is 19.1 Å². The van der Waals surface area contributed by atoms with E-state index in [9.17, 15) is 14.7 Å². The highest BCUT2D eigenvalue weighted by Gasteiger charge is 2.16. The van der Waals surface area contributed by atoms with E-state index in [0.717, 1.165) is 0 Å². The average Bonchev–Trinajstić information content (AvgIpc) is 2.71. The molecule has 0 radical (unpaired) electrons. The van der Waals surface area contributed by atoms with Crippen molar-refractivity contribution in [1.29, 1.82) is 0 Å². The molecule has 0 atom stereocenters. The Hall–Kier alpha value is -2.22. The first-order valence-electron chi connectivity index (χ1n) is 9.31. The van der Waals surface area contributed by atoms with Gasteiger partial charge in [-0.15, -0.1) is 9.05 Å². The lowest BCUT2D eigenvalue weighted by atomic mass is 10.2. The zero-order chi connectivity index (χ0) is 23.2. The highest BCUT2D eigenvalue weighted by Crippen LogP contribution is 2.35. The highest BCUT2D eigenvalue weighted by molar-refractivity contribution is 7.33. The topological polar surface area (TPSA) is 99.9 Å². The average molecular weight is 490 g/mol. The Morgan fingerprint density at radius 2 is 1.81 bits per heavy atom. The Morgan fingerprint density at radius 3 is 2.35 bits per heavy atom. The van der Waals surface area contributed by atoms with Gasteiger partial charge in [0.25, 0.3) is 5.69 Å². The number of rotatable bonds is 10. The molecule has 8 nitrogen and oxygen atoms in total. The van der Waals surface area contributed by atoms with Crippen molar-refractivity contribution < 1.29 is 23.3 Å². The van der Waals surface area contributed by atoms with Crippen molar-refractivity contribution in [2.24, 2.45) is 0 Å². The van der Waals surface area contributed by atoms with Crippen molar-refractivity contribution in [3.05, 3.63) is 68.7 Å². The molecule has 31 heavy (non-hydrogen) atoms. The third-order valence-corrected chi connectivity index (χ3v) is 4.87. The van der Waals surface area contributed by atoms with Gasteiger partial charge in [0.15, 0.2) is 0 Å². The molecule has 1 N–H and O–H groups in total. The van der Waals surface area contributed by atoms with Gasteiger partial charge in [-0.3, -0.25) is 10.1 Å². The lowest BCUT2D eigenvalue weighted by Crippen LogP contribution is -2.02. The summed E-state index contributed by atoms with van der Waals surface area (Å²) in [7, 11) is -1.83. The summed E-state index contributed by atoms with van der Waals surface area (Å²) < 4.78 is 25.2. The van der Waals surface area contributed by atoms with E-state index in [1.54, 1.807) is 38.1 Å². The maximum absolute atomic E-state index is 11.1. The van der Waals surface area contributed by atoms with Gasteiger partial charge in [-0.2, -0.15) is 0 Å². The third kappa shape index (κ3) is 10.1. The number of anilines is 1. The molecule has 168 valence electrons. The second-order valence-corrected chi connectivity index (χ2v) is 7.43. The maximum Gasteiger partial charge on any atom is 0.697 e. The van der Waals surface area contributed by atoms with Crippen LogP contribution in [0.3, 0.4) is 0 Å². The van der Waals surface area contributed by atoms with Gasteiger partial charge in [-0.1, -0.05) is 35.4 Å². The van der Waals surface area contributed by atoms with Crippen LogP contribution in [0, 0.1) is 10.1 Å². The lowest BCUT2D eigenvalue weighted by molar-refractivity contribution is -0.384. The van der Waals surface area contributed by atoms with E-state index in [4.69, 9.17) is 27.9 Å². The molecule has 0 saturated heterocycles. The molecular formula is C20H24Cl2N2O6P+. The molecule has 2 aromatic carbocycles. The molecule has 0 bridgehead atoms. The zero-order valence-corrected chi connectivity index (χ0v) is 19.7. The molecule has 0 amide bonds. The van der Waals surface area contributed by atoms with E-state index < -0.39 is 13.2 Å². The zero-order valence-electron chi connectivity index (χ0n) is 17.3. The summed E-state index contributed by atoms with van der Waals surface area (Å²) in [6.07, 6.45) is 3.71. The van der Waals surface area contributed by atoms with E-state index >= 15 is 0 Å². The van der Waals surface area contributed by atoms with Gasteiger partial charge in [0.1, 0.15) is 30.4 Å². The minimum atomic E-state index is -1.83. The minimum Gasteiger partial charge on any atom is -0.456 e. The smallest absolute Gasteiger partial charge is 0.456 e.